The highest BCUT2D eigenvalue weighted by Gasteiger charge is 2.19. The van der Waals surface area contributed by atoms with E-state index in [4.69, 9.17) is 0 Å². The van der Waals surface area contributed by atoms with Crippen LogP contribution in [0.25, 0.3) is 0 Å². The Labute approximate surface area is 82.6 Å². The highest BCUT2D eigenvalue weighted by Crippen LogP contribution is 2.30. The molecule has 2 nitrogen and oxygen atoms in total. The molecule has 12 heavy (non-hydrogen) atoms. The van der Waals surface area contributed by atoms with Gasteiger partial charge in [-0.25, -0.2) is 0 Å². The normalized spacial score (nSPS) is 27.5. The Morgan fingerprint density at radius 3 is 2.75 bits per heavy atom. The number of anilines is 1. The van der Waals surface area contributed by atoms with Crippen LogP contribution in [0.5, 0.6) is 0 Å². The van der Waals surface area contributed by atoms with Crippen molar-refractivity contribution in [1.29, 1.82) is 0 Å². The Kier molecular flexibility index (Phi) is 2.21. The maximum absolute atomic E-state index is 4.40. The summed E-state index contributed by atoms with van der Waals surface area (Å²) < 4.78 is 0. The van der Waals surface area contributed by atoms with Gasteiger partial charge < -0.3 is 5.32 Å². The molecule has 0 spiro atoms. The molecule has 2 rings (SSSR count). The summed E-state index contributed by atoms with van der Waals surface area (Å²) in [5, 5.41) is 6.42. The zero-order valence-corrected chi connectivity index (χ0v) is 8.15. The van der Waals surface area contributed by atoms with Gasteiger partial charge in [-0.2, -0.15) is 12.6 Å². The van der Waals surface area contributed by atoms with E-state index in [2.05, 4.69) is 35.9 Å². The molecular formula is C8H10N2S2. The van der Waals surface area contributed by atoms with Crippen LogP contribution in [-0.4, -0.2) is 5.50 Å². The number of para-hydroxylation sites is 1. The zero-order valence-electron chi connectivity index (χ0n) is 6.36. The minimum Gasteiger partial charge on any atom is -0.361 e. The fourth-order valence-electron chi connectivity index (χ4n) is 1.30. The smallest absolute Gasteiger partial charge is 0.124 e. The fraction of sp³-hybridized carbons (Fsp3) is 0.250. The Hall–Kier alpha value is -0.320. The first-order valence-corrected chi connectivity index (χ1v) is 4.78. The second-order valence-corrected chi connectivity index (χ2v) is 3.74. The van der Waals surface area contributed by atoms with E-state index in [9.17, 15) is 0 Å². The molecular weight excluding hydrogens is 188 g/mol. The molecule has 0 aromatic heterocycles. The molecule has 4 heteroatoms. The molecule has 1 aromatic rings. The van der Waals surface area contributed by atoms with Gasteiger partial charge in [-0.05, 0) is 6.07 Å². The van der Waals surface area contributed by atoms with Crippen molar-refractivity contribution in [2.45, 2.75) is 10.9 Å². The summed E-state index contributed by atoms with van der Waals surface area (Å²) in [5.41, 5.74) is 2.27. The third kappa shape index (κ3) is 1.42. The topological polar surface area (TPSA) is 24.1 Å². The van der Waals surface area contributed by atoms with Gasteiger partial charge in [0.1, 0.15) is 5.50 Å². The molecule has 0 bridgehead atoms. The molecule has 0 amide bonds. The number of thiol groups is 2. The van der Waals surface area contributed by atoms with Gasteiger partial charge in [-0.1, -0.05) is 18.2 Å². The summed E-state index contributed by atoms with van der Waals surface area (Å²) in [6, 6.07) is 8.08. The molecule has 1 aliphatic rings. The lowest BCUT2D eigenvalue weighted by Crippen LogP contribution is -2.37. The molecule has 0 fully saturated rings. The van der Waals surface area contributed by atoms with Gasteiger partial charge >= 0.3 is 0 Å². The summed E-state index contributed by atoms with van der Waals surface area (Å²) in [6.45, 7) is 0. The van der Waals surface area contributed by atoms with Crippen LogP contribution in [0, 0.1) is 0 Å². The van der Waals surface area contributed by atoms with Crippen LogP contribution in [-0.2, 0) is 0 Å². The van der Waals surface area contributed by atoms with E-state index in [1.165, 1.54) is 5.56 Å². The first kappa shape index (κ1) is 8.29. The molecule has 1 heterocycles. The molecule has 0 aliphatic carbocycles. The van der Waals surface area contributed by atoms with Crippen LogP contribution in [0.1, 0.15) is 10.9 Å². The van der Waals surface area contributed by atoms with Gasteiger partial charge in [0.2, 0.25) is 0 Å². The average molecular weight is 198 g/mol. The maximum atomic E-state index is 4.40. The molecule has 1 aromatic carbocycles. The molecule has 1 aliphatic heterocycles. The summed E-state index contributed by atoms with van der Waals surface area (Å²) in [6.07, 6.45) is 0. The highest BCUT2D eigenvalue weighted by molar-refractivity contribution is 7.81. The number of benzene rings is 1. The van der Waals surface area contributed by atoms with Crippen LogP contribution >= 0.6 is 25.3 Å². The lowest BCUT2D eigenvalue weighted by atomic mass is 10.1. The summed E-state index contributed by atoms with van der Waals surface area (Å²) >= 11 is 8.67. The van der Waals surface area contributed by atoms with Crippen molar-refractivity contribution < 1.29 is 0 Å². The number of fused-ring (bicyclic) bond motifs is 1. The third-order valence-corrected chi connectivity index (χ3v) is 2.57. The molecule has 64 valence electrons. The average Bonchev–Trinajstić information content (AvgIpc) is 2.04. The molecule has 0 saturated carbocycles. The molecule has 2 atom stereocenters. The predicted octanol–water partition coefficient (Wildman–Crippen LogP) is 1.84. The van der Waals surface area contributed by atoms with Gasteiger partial charge in [0.25, 0.3) is 0 Å². The largest absolute Gasteiger partial charge is 0.361 e. The van der Waals surface area contributed by atoms with E-state index in [0.29, 0.717) is 0 Å². The van der Waals surface area contributed by atoms with Gasteiger partial charge in [0, 0.05) is 11.3 Å². The molecule has 2 N–H and O–H groups in total. The van der Waals surface area contributed by atoms with Gasteiger partial charge in [0.05, 0.1) is 5.37 Å². The maximum Gasteiger partial charge on any atom is 0.124 e. The van der Waals surface area contributed by atoms with E-state index in [1.807, 2.05) is 24.3 Å². The van der Waals surface area contributed by atoms with Crippen LogP contribution in [0.15, 0.2) is 24.3 Å². The van der Waals surface area contributed by atoms with Crippen LogP contribution in [0.3, 0.4) is 0 Å². The van der Waals surface area contributed by atoms with Crippen LogP contribution < -0.4 is 10.6 Å². The SMILES string of the molecule is SC1Nc2ccccc2C(S)N1. The Bertz CT molecular complexity index is 290. The van der Waals surface area contributed by atoms with Crippen molar-refractivity contribution in [1.82, 2.24) is 5.32 Å². The number of hydrogen-bond acceptors (Lipinski definition) is 4. The van der Waals surface area contributed by atoms with Crippen molar-refractivity contribution >= 4 is 30.9 Å². The second-order valence-electron chi connectivity index (χ2n) is 2.70. The minimum atomic E-state index is -0.0117. The van der Waals surface area contributed by atoms with Crippen molar-refractivity contribution in [3.63, 3.8) is 0 Å². The Morgan fingerprint density at radius 1 is 1.17 bits per heavy atom. The van der Waals surface area contributed by atoms with E-state index >= 15 is 0 Å². The number of rotatable bonds is 0. The number of nitrogens with one attached hydrogen (secondary N) is 2. The monoisotopic (exact) mass is 198 g/mol. The fourth-order valence-corrected chi connectivity index (χ4v) is 2.08. The van der Waals surface area contributed by atoms with Crippen LogP contribution in [0.2, 0.25) is 0 Å². The third-order valence-electron chi connectivity index (χ3n) is 1.86. The summed E-state index contributed by atoms with van der Waals surface area (Å²) in [4.78, 5) is 0. The second kappa shape index (κ2) is 3.20. The Balaban J connectivity index is 2.40. The number of hydrogen-bond donors (Lipinski definition) is 4. The molecule has 0 radical (unpaired) electrons. The quantitative estimate of drug-likeness (QED) is 0.478. The van der Waals surface area contributed by atoms with E-state index in [-0.39, 0.29) is 10.9 Å². The standard InChI is InChI=1S/C8H10N2S2/c11-7-5-3-1-2-4-6(5)9-8(12)10-7/h1-4,7-12H. The first-order chi connectivity index (χ1) is 5.77. The zero-order chi connectivity index (χ0) is 8.55. The van der Waals surface area contributed by atoms with Crippen molar-refractivity contribution in [2.75, 3.05) is 5.32 Å². The highest BCUT2D eigenvalue weighted by atomic mass is 32.1. The van der Waals surface area contributed by atoms with E-state index < -0.39 is 0 Å². The van der Waals surface area contributed by atoms with Gasteiger partial charge in [-0.3, -0.25) is 5.32 Å². The van der Waals surface area contributed by atoms with Crippen molar-refractivity contribution in [2.24, 2.45) is 0 Å². The molecule has 2 unspecified atom stereocenters. The lowest BCUT2D eigenvalue weighted by Gasteiger charge is -2.29. The lowest BCUT2D eigenvalue weighted by molar-refractivity contribution is 0.664. The van der Waals surface area contributed by atoms with Gasteiger partial charge in [-0.15, -0.1) is 12.6 Å². The van der Waals surface area contributed by atoms with Crippen molar-refractivity contribution in [3.8, 4) is 0 Å². The van der Waals surface area contributed by atoms with Gasteiger partial charge in [0.15, 0.2) is 0 Å². The molecule has 0 saturated heterocycles. The van der Waals surface area contributed by atoms with Crippen molar-refractivity contribution in [3.05, 3.63) is 29.8 Å². The Morgan fingerprint density at radius 2 is 1.92 bits per heavy atom. The van der Waals surface area contributed by atoms with E-state index in [1.54, 1.807) is 0 Å². The minimum absolute atomic E-state index is 0.0117. The van der Waals surface area contributed by atoms with Crippen LogP contribution in [0.4, 0.5) is 5.69 Å². The predicted molar refractivity (Wildman–Crippen MR) is 57.7 cm³/mol. The first-order valence-electron chi connectivity index (χ1n) is 3.75. The van der Waals surface area contributed by atoms with E-state index in [0.717, 1.165) is 5.69 Å². The summed E-state index contributed by atoms with van der Waals surface area (Å²) in [5.74, 6) is 0. The summed E-state index contributed by atoms with van der Waals surface area (Å²) in [7, 11) is 0.